The van der Waals surface area contributed by atoms with E-state index in [1.54, 1.807) is 0 Å². The number of rotatable bonds is 7. The van der Waals surface area contributed by atoms with Gasteiger partial charge in [-0.05, 0) is 62.1 Å². The molecule has 0 amide bonds. The zero-order valence-electron chi connectivity index (χ0n) is 36.4. The molecule has 56 heavy (non-hydrogen) atoms. The van der Waals surface area contributed by atoms with E-state index >= 15 is 0 Å². The van der Waals surface area contributed by atoms with Crippen molar-refractivity contribution >= 4 is 78.5 Å². The van der Waals surface area contributed by atoms with Crippen LogP contribution in [0.2, 0.25) is 78.6 Å². The van der Waals surface area contributed by atoms with Crippen molar-refractivity contribution in [3.63, 3.8) is 0 Å². The van der Waals surface area contributed by atoms with Gasteiger partial charge in [0.15, 0.2) is 0 Å². The van der Waals surface area contributed by atoms with Gasteiger partial charge >= 0.3 is 0 Å². The second-order valence-electron chi connectivity index (χ2n) is 18.3. The fraction of sp³-hybridized carbons (Fsp3) is 0.364. The van der Waals surface area contributed by atoms with Crippen molar-refractivity contribution in [2.45, 2.75) is 106 Å². The van der Waals surface area contributed by atoms with E-state index in [0.29, 0.717) is 0 Å². The minimum atomic E-state index is -1.11. The monoisotopic (exact) mass is 904 g/mol. The summed E-state index contributed by atoms with van der Waals surface area (Å²) in [6, 6.07) is 28.9. The number of aryl methyl sites for hydroxylation is 4. The number of aliphatic imine (C=N–C) groups is 4. The second-order valence-corrected chi connectivity index (χ2v) is 37.4. The molecule has 2 heterocycles. The van der Waals surface area contributed by atoms with Crippen LogP contribution in [0.5, 0.6) is 0 Å². The van der Waals surface area contributed by atoms with Gasteiger partial charge in [0.05, 0.1) is 22.7 Å². The van der Waals surface area contributed by atoms with E-state index in [9.17, 15) is 0 Å². The van der Waals surface area contributed by atoms with Crippen LogP contribution in [0.25, 0.3) is 9.30 Å². The van der Waals surface area contributed by atoms with E-state index < -0.39 is 32.9 Å². The first-order chi connectivity index (χ1) is 24.9. The Morgan fingerprint density at radius 2 is 0.661 bits per heavy atom. The van der Waals surface area contributed by atoms with Crippen molar-refractivity contribution in [3.05, 3.63) is 128 Å². The number of hydrogen-bond acceptors (Lipinski definition) is 4. The first kappa shape index (κ1) is 49.5. The Balaban J connectivity index is 0.000000454. The molecule has 0 aromatic heterocycles. The van der Waals surface area contributed by atoms with Crippen molar-refractivity contribution in [1.82, 2.24) is 0 Å². The number of fused-ring (bicyclic) bond motifs is 2. The summed E-state index contributed by atoms with van der Waals surface area (Å²) in [5.74, 6) is 0. The average Bonchev–Trinajstić information content (AvgIpc) is 3.56. The fourth-order valence-corrected chi connectivity index (χ4v) is 23.0. The molecular formula is C44H62Co2N6Si4-2. The molecule has 0 N–H and O–H groups in total. The van der Waals surface area contributed by atoms with Crippen LogP contribution in [0, 0.1) is 27.7 Å². The van der Waals surface area contributed by atoms with Gasteiger partial charge in [-0.25, -0.2) is 20.0 Å². The third kappa shape index (κ3) is 14.3. The quantitative estimate of drug-likeness (QED) is 0.166. The molecule has 0 aliphatic carbocycles. The summed E-state index contributed by atoms with van der Waals surface area (Å²) >= 11 is 0. The Hall–Kier alpha value is -2.64. The molecule has 6 rings (SSSR count). The van der Waals surface area contributed by atoms with E-state index in [0.717, 1.165) is 79.0 Å². The van der Waals surface area contributed by atoms with Gasteiger partial charge in [-0.15, -0.1) is 0 Å². The molecule has 0 fully saturated rings. The van der Waals surface area contributed by atoms with Crippen LogP contribution in [0.15, 0.2) is 105 Å². The number of para-hydroxylation sites is 4. The molecule has 4 aromatic rings. The Morgan fingerprint density at radius 3 is 0.911 bits per heavy atom. The molecule has 2 aliphatic rings. The molecule has 0 unspecified atom stereocenters. The molecule has 0 atom stereocenters. The van der Waals surface area contributed by atoms with Gasteiger partial charge in [-0.3, -0.25) is 0 Å². The van der Waals surface area contributed by atoms with Crippen molar-refractivity contribution in [1.29, 1.82) is 0 Å². The Labute approximate surface area is 363 Å². The zero-order chi connectivity index (χ0) is 40.2. The molecule has 12 heteroatoms. The SMILES string of the molecule is C[Si](C)(C)[N-][Si](C)(C)C.C[Si](C)(C)[N-][Si](C)(C)C.Cc1cccc(C)c1N=C1C(C2=Nc3ccccc3C2=Nc2c(C)cccc2C)=Nc2ccccc21.[Co].[Co]. The minimum Gasteiger partial charge on any atom is -0.668 e. The van der Waals surface area contributed by atoms with Crippen LogP contribution in [-0.4, -0.2) is 55.8 Å². The smallest absolute Gasteiger partial charge is 0.118 e. The molecule has 0 saturated carbocycles. The van der Waals surface area contributed by atoms with Crippen LogP contribution in [-0.2, 0) is 33.6 Å². The molecule has 2 radical (unpaired) electrons. The maximum absolute atomic E-state index is 5.21. The molecule has 2 aliphatic heterocycles. The van der Waals surface area contributed by atoms with Gasteiger partial charge < -0.3 is 9.30 Å². The van der Waals surface area contributed by atoms with Crippen LogP contribution in [0.3, 0.4) is 0 Å². The van der Waals surface area contributed by atoms with E-state index in [1.165, 1.54) is 0 Å². The van der Waals surface area contributed by atoms with Crippen LogP contribution >= 0.6 is 0 Å². The molecule has 304 valence electrons. The maximum atomic E-state index is 5.21. The Morgan fingerprint density at radius 1 is 0.393 bits per heavy atom. The van der Waals surface area contributed by atoms with Gasteiger partial charge in [0.2, 0.25) is 0 Å². The summed E-state index contributed by atoms with van der Waals surface area (Å²) in [5, 5.41) is 0. The molecular weight excluding hydrogens is 843 g/mol. The van der Waals surface area contributed by atoms with Gasteiger partial charge in [-0.2, -0.15) is 0 Å². The molecule has 0 bridgehead atoms. The van der Waals surface area contributed by atoms with Crippen molar-refractivity contribution < 1.29 is 33.6 Å². The summed E-state index contributed by atoms with van der Waals surface area (Å²) in [7, 11) is -4.42. The molecule has 0 saturated heterocycles. The van der Waals surface area contributed by atoms with E-state index in [-0.39, 0.29) is 33.6 Å². The number of nitrogens with zero attached hydrogens (tertiary/aromatic N) is 6. The summed E-state index contributed by atoms with van der Waals surface area (Å²) in [6.45, 7) is 36.0. The predicted octanol–water partition coefficient (Wildman–Crippen LogP) is 14.1. The van der Waals surface area contributed by atoms with Gasteiger partial charge in [0.1, 0.15) is 22.8 Å². The number of benzene rings is 4. The van der Waals surface area contributed by atoms with E-state index in [1.807, 2.05) is 36.4 Å². The second kappa shape index (κ2) is 19.9. The van der Waals surface area contributed by atoms with Crippen molar-refractivity contribution in [2.75, 3.05) is 0 Å². The third-order valence-corrected chi connectivity index (χ3v) is 18.9. The van der Waals surface area contributed by atoms with Crippen molar-refractivity contribution in [2.24, 2.45) is 20.0 Å². The summed E-state index contributed by atoms with van der Waals surface area (Å²) in [5.41, 5.74) is 13.5. The first-order valence-corrected chi connectivity index (χ1v) is 32.9. The van der Waals surface area contributed by atoms with Crippen LogP contribution < -0.4 is 0 Å². The molecule has 0 spiro atoms. The topological polar surface area (TPSA) is 77.6 Å². The standard InChI is InChI=1S/C32H26N4.2C6H18NSi2.2Co/c1-19-11-9-12-20(2)27(19)35-29-23-15-5-7-17-25(23)33-31(29)32-30(24-16-6-8-18-26(24)34-32)36-28-21(3)13-10-14-22(28)4;2*1-8(2,3)7-9(4,5)6;;/h5-18H,1-4H3;2*1-6H3;;/q;2*-1;;. The van der Waals surface area contributed by atoms with Gasteiger partial charge in [-0.1, -0.05) is 184 Å². The third-order valence-electron chi connectivity index (χ3n) is 8.12. The fourth-order valence-electron chi connectivity index (χ4n) is 6.90. The van der Waals surface area contributed by atoms with Crippen LogP contribution in [0.4, 0.5) is 22.7 Å². The maximum Gasteiger partial charge on any atom is 0.118 e. The Kier molecular flexibility index (Phi) is 17.6. The van der Waals surface area contributed by atoms with E-state index in [4.69, 9.17) is 29.3 Å². The predicted molar refractivity (Wildman–Crippen MR) is 251 cm³/mol. The van der Waals surface area contributed by atoms with Gasteiger partial charge in [0, 0.05) is 44.7 Å². The number of hydrogen-bond donors (Lipinski definition) is 0. The normalized spacial score (nSPS) is 14.9. The molecule has 4 aromatic carbocycles. The Bertz CT molecular complexity index is 1900. The first-order valence-electron chi connectivity index (χ1n) is 19.1. The summed E-state index contributed by atoms with van der Waals surface area (Å²) in [4.78, 5) is 20.6. The van der Waals surface area contributed by atoms with Crippen LogP contribution in [0.1, 0.15) is 33.4 Å². The van der Waals surface area contributed by atoms with Gasteiger partial charge in [0.25, 0.3) is 0 Å². The van der Waals surface area contributed by atoms with Crippen molar-refractivity contribution in [3.8, 4) is 0 Å². The average molecular weight is 905 g/mol. The zero-order valence-corrected chi connectivity index (χ0v) is 42.5. The largest absolute Gasteiger partial charge is 0.668 e. The summed E-state index contributed by atoms with van der Waals surface area (Å²) < 4.78 is 9.64. The molecule has 6 nitrogen and oxygen atoms in total. The summed E-state index contributed by atoms with van der Waals surface area (Å²) in [6.07, 6.45) is 0. The van der Waals surface area contributed by atoms with E-state index in [2.05, 4.69) is 155 Å². The minimum absolute atomic E-state index is 0.